The van der Waals surface area contributed by atoms with Crippen molar-refractivity contribution in [1.82, 2.24) is 0 Å². The van der Waals surface area contributed by atoms with Crippen molar-refractivity contribution in [3.63, 3.8) is 0 Å². The molecular formula is C22H26F3N2O4S+. The maximum Gasteiger partial charge on any atom is 0.387 e. The van der Waals surface area contributed by atoms with Crippen LogP contribution in [0.2, 0.25) is 0 Å². The van der Waals surface area contributed by atoms with E-state index in [1.165, 1.54) is 43.5 Å². The van der Waals surface area contributed by atoms with Crippen LogP contribution < -0.4 is 14.9 Å². The fraction of sp³-hybridized carbons (Fsp3) is 0.273. The van der Waals surface area contributed by atoms with Crippen LogP contribution in [0.1, 0.15) is 32.8 Å². The summed E-state index contributed by atoms with van der Waals surface area (Å²) in [5.74, 6) is -0.452. The summed E-state index contributed by atoms with van der Waals surface area (Å²) >= 11 is 1.10. The van der Waals surface area contributed by atoms with Crippen molar-refractivity contribution in [2.75, 3.05) is 12.5 Å². The van der Waals surface area contributed by atoms with Crippen LogP contribution in [0.15, 0.2) is 59.1 Å². The van der Waals surface area contributed by atoms with E-state index in [0.717, 1.165) is 27.8 Å². The minimum Gasteiger partial charge on any atom is -0.494 e. The van der Waals surface area contributed by atoms with E-state index < -0.39 is 11.5 Å². The van der Waals surface area contributed by atoms with Crippen LogP contribution >= 0.6 is 11.8 Å². The molecule has 0 fully saturated rings. The second-order valence-corrected chi connectivity index (χ2v) is 7.68. The minimum atomic E-state index is -3.01. The maximum absolute atomic E-state index is 13.4. The third kappa shape index (κ3) is 6.67. The van der Waals surface area contributed by atoms with E-state index in [2.05, 4.69) is 10.2 Å². The zero-order valence-electron chi connectivity index (χ0n) is 18.1. The highest BCUT2D eigenvalue weighted by molar-refractivity contribution is 8.11. The fourth-order valence-electron chi connectivity index (χ4n) is 2.72. The van der Waals surface area contributed by atoms with Gasteiger partial charge >= 0.3 is 6.61 Å². The molecule has 0 aliphatic carbocycles. The van der Waals surface area contributed by atoms with Crippen LogP contribution in [0.3, 0.4) is 0 Å². The van der Waals surface area contributed by atoms with Crippen molar-refractivity contribution in [2.24, 2.45) is 0 Å². The standard InChI is InChI=1S/C22H26F3N2O4S/c1-5-14(3)21(15-7-9-16(23)10-8-15)32-20(6-2)27(28,29)26-18-12-11-17(31-22(24)25)13-19(18)30-4/h6-13,22,26,28-29H,5H2,1-4H3/q+1/b20-6-,21-14?. The van der Waals surface area contributed by atoms with E-state index >= 15 is 0 Å². The monoisotopic (exact) mass is 471 g/mol. The number of thioether (sulfide) groups is 1. The average molecular weight is 472 g/mol. The molecule has 2 aromatic rings. The van der Waals surface area contributed by atoms with Crippen molar-refractivity contribution in [3.8, 4) is 11.5 Å². The predicted octanol–water partition coefficient (Wildman–Crippen LogP) is 6.79. The fourth-order valence-corrected chi connectivity index (χ4v) is 3.80. The molecule has 0 atom stereocenters. The smallest absolute Gasteiger partial charge is 0.387 e. The van der Waals surface area contributed by atoms with Gasteiger partial charge in [0, 0.05) is 11.0 Å². The van der Waals surface area contributed by atoms with E-state index in [4.69, 9.17) is 4.74 Å². The van der Waals surface area contributed by atoms with Crippen molar-refractivity contribution in [2.45, 2.75) is 33.8 Å². The molecule has 3 N–H and O–H groups in total. The molecule has 0 saturated carbocycles. The van der Waals surface area contributed by atoms with Crippen molar-refractivity contribution in [1.29, 1.82) is 0 Å². The lowest BCUT2D eigenvalue weighted by Gasteiger charge is -2.25. The lowest BCUT2D eigenvalue weighted by molar-refractivity contribution is -1.20. The topological polar surface area (TPSA) is 71.0 Å². The zero-order valence-corrected chi connectivity index (χ0v) is 18.9. The number of nitrogens with one attached hydrogen (secondary N) is 1. The summed E-state index contributed by atoms with van der Waals surface area (Å²) in [5.41, 5.74) is 4.31. The van der Waals surface area contributed by atoms with E-state index in [0.29, 0.717) is 6.42 Å². The van der Waals surface area contributed by atoms with Gasteiger partial charge in [-0.25, -0.2) is 4.39 Å². The first-order valence-corrected chi connectivity index (χ1v) is 10.5. The molecule has 32 heavy (non-hydrogen) atoms. The average Bonchev–Trinajstić information content (AvgIpc) is 2.75. The lowest BCUT2D eigenvalue weighted by atomic mass is 10.1. The number of halogens is 3. The molecule has 0 aromatic heterocycles. The highest BCUT2D eigenvalue weighted by Crippen LogP contribution is 2.41. The van der Waals surface area contributed by atoms with Gasteiger partial charge in [0.1, 0.15) is 17.3 Å². The number of hydroxylamine groups is 2. The molecule has 0 saturated heterocycles. The van der Waals surface area contributed by atoms with E-state index in [9.17, 15) is 23.6 Å². The molecule has 0 spiro atoms. The van der Waals surface area contributed by atoms with Crippen LogP contribution in [0.25, 0.3) is 4.91 Å². The molecule has 2 rings (SSSR count). The summed E-state index contributed by atoms with van der Waals surface area (Å²) in [6.45, 7) is 2.49. The van der Waals surface area contributed by atoms with Crippen molar-refractivity contribution < 1.29 is 38.0 Å². The molecule has 10 heteroatoms. The van der Waals surface area contributed by atoms with Gasteiger partial charge in [-0.3, -0.25) is 0 Å². The quantitative estimate of drug-likeness (QED) is 0.262. The zero-order chi connectivity index (χ0) is 23.9. The summed E-state index contributed by atoms with van der Waals surface area (Å²) < 4.78 is 47.8. The number of ether oxygens (including phenoxy) is 2. The first-order valence-electron chi connectivity index (χ1n) is 9.67. The molecule has 174 valence electrons. The minimum absolute atomic E-state index is 0.0632. The molecule has 0 aliphatic heterocycles. The van der Waals surface area contributed by atoms with Crippen molar-refractivity contribution >= 4 is 22.4 Å². The SMILES string of the molecule is C/C=C(\SC(=C(C)CC)c1ccc(F)cc1)[N+](O)(O)Nc1ccc(OC(F)F)cc1OC. The number of nitrogens with zero attached hydrogens (tertiary/aromatic N) is 1. The number of anilines is 1. The molecule has 6 nitrogen and oxygen atoms in total. The van der Waals surface area contributed by atoms with Crippen LogP contribution in [0.5, 0.6) is 11.5 Å². The van der Waals surface area contributed by atoms with Crippen LogP contribution in [-0.2, 0) is 0 Å². The van der Waals surface area contributed by atoms with Gasteiger partial charge in [0.05, 0.1) is 12.0 Å². The molecule has 0 unspecified atom stereocenters. The Morgan fingerprint density at radius 3 is 2.38 bits per heavy atom. The largest absolute Gasteiger partial charge is 0.494 e. The predicted molar refractivity (Wildman–Crippen MR) is 118 cm³/mol. The first-order chi connectivity index (χ1) is 15.1. The maximum atomic E-state index is 13.4. The number of rotatable bonds is 10. The summed E-state index contributed by atoms with van der Waals surface area (Å²) in [7, 11) is 1.31. The summed E-state index contributed by atoms with van der Waals surface area (Å²) in [4.78, 5) is -1.01. The first kappa shape index (κ1) is 25.6. The number of allylic oxidation sites excluding steroid dienone is 2. The van der Waals surface area contributed by atoms with E-state index in [-0.39, 0.29) is 28.0 Å². The highest BCUT2D eigenvalue weighted by Gasteiger charge is 2.34. The van der Waals surface area contributed by atoms with Gasteiger partial charge in [0.25, 0.3) is 5.03 Å². The number of methoxy groups -OCH3 is 1. The Labute approximate surface area is 189 Å². The molecular weight excluding hydrogens is 445 g/mol. The molecule has 0 amide bonds. The number of hydrogen-bond donors (Lipinski definition) is 3. The second-order valence-electron chi connectivity index (χ2n) is 6.65. The Kier molecular flexibility index (Phi) is 9.02. The number of alkyl halides is 2. The molecule has 0 aliphatic rings. The van der Waals surface area contributed by atoms with Crippen LogP contribution in [0, 0.1) is 5.82 Å². The Morgan fingerprint density at radius 1 is 1.19 bits per heavy atom. The Hall–Kier alpha value is -2.66. The molecule has 0 heterocycles. The number of hydrogen-bond acceptors (Lipinski definition) is 6. The Morgan fingerprint density at radius 2 is 1.84 bits per heavy atom. The third-order valence-electron chi connectivity index (χ3n) is 4.46. The van der Waals surface area contributed by atoms with E-state index in [1.54, 1.807) is 19.1 Å². The number of benzene rings is 2. The lowest BCUT2D eigenvalue weighted by Crippen LogP contribution is -2.44. The van der Waals surface area contributed by atoms with Gasteiger partial charge in [-0.05, 0) is 67.9 Å². The Balaban J connectivity index is 2.34. The van der Waals surface area contributed by atoms with Gasteiger partial charge in [-0.1, -0.05) is 24.6 Å². The van der Waals surface area contributed by atoms with Crippen LogP contribution in [0.4, 0.5) is 18.9 Å². The van der Waals surface area contributed by atoms with Crippen LogP contribution in [-0.4, -0.2) is 29.1 Å². The summed E-state index contributed by atoms with van der Waals surface area (Å²) in [6, 6.07) is 9.66. The second kappa shape index (κ2) is 11.3. The van der Waals surface area contributed by atoms with E-state index in [1.807, 2.05) is 13.8 Å². The van der Waals surface area contributed by atoms with Gasteiger partial charge in [-0.15, -0.1) is 10.4 Å². The van der Waals surface area contributed by atoms with Gasteiger partial charge in [0.15, 0.2) is 5.75 Å². The molecule has 0 bridgehead atoms. The van der Waals surface area contributed by atoms with Gasteiger partial charge < -0.3 is 9.47 Å². The Bertz CT molecular complexity index is 980. The molecule has 0 radical (unpaired) electrons. The van der Waals surface area contributed by atoms with Gasteiger partial charge in [-0.2, -0.15) is 14.2 Å². The number of quaternary nitrogens is 1. The highest BCUT2D eigenvalue weighted by atomic mass is 32.2. The normalized spacial score (nSPS) is 13.1. The summed E-state index contributed by atoms with van der Waals surface area (Å²) in [5, 5.41) is 21.6. The van der Waals surface area contributed by atoms with Gasteiger partial charge in [0.2, 0.25) is 0 Å². The van der Waals surface area contributed by atoms with Crippen molar-refractivity contribution in [3.05, 3.63) is 70.5 Å². The molecule has 2 aromatic carbocycles. The summed E-state index contributed by atoms with van der Waals surface area (Å²) in [6.07, 6.45) is 2.20. The third-order valence-corrected chi connectivity index (χ3v) is 5.95.